The summed E-state index contributed by atoms with van der Waals surface area (Å²) < 4.78 is 32.4. The highest BCUT2D eigenvalue weighted by molar-refractivity contribution is 5.95. The van der Waals surface area contributed by atoms with Crippen molar-refractivity contribution in [2.75, 3.05) is 46.4 Å². The zero-order chi connectivity index (χ0) is 21.0. The number of ether oxygens (including phenoxy) is 1. The Morgan fingerprint density at radius 2 is 2.00 bits per heavy atom. The van der Waals surface area contributed by atoms with Crippen molar-refractivity contribution >= 4 is 12.0 Å². The van der Waals surface area contributed by atoms with E-state index in [9.17, 15) is 18.4 Å². The Bertz CT molecular complexity index is 815. The number of hydrogen-bond donors (Lipinski definition) is 2. The summed E-state index contributed by atoms with van der Waals surface area (Å²) in [6.45, 7) is 5.66. The van der Waals surface area contributed by atoms with E-state index < -0.39 is 29.7 Å². The van der Waals surface area contributed by atoms with Crippen LogP contribution in [0.3, 0.4) is 0 Å². The second-order valence-electron chi connectivity index (χ2n) is 7.25. The van der Waals surface area contributed by atoms with Crippen molar-refractivity contribution in [3.05, 3.63) is 46.7 Å². The molecule has 2 amide bonds. The summed E-state index contributed by atoms with van der Waals surface area (Å²) in [6, 6.07) is 1.89. The van der Waals surface area contributed by atoms with E-state index in [0.29, 0.717) is 12.2 Å². The number of carbonyl (C=O) groups excluding carboxylic acids is 2. The van der Waals surface area contributed by atoms with Crippen molar-refractivity contribution in [2.24, 2.45) is 0 Å². The molecule has 1 atom stereocenters. The van der Waals surface area contributed by atoms with Gasteiger partial charge in [0.05, 0.1) is 18.2 Å². The number of benzene rings is 1. The molecule has 2 N–H and O–H groups in total. The van der Waals surface area contributed by atoms with Crippen LogP contribution in [-0.2, 0) is 9.53 Å². The highest BCUT2D eigenvalue weighted by Gasteiger charge is 2.34. The van der Waals surface area contributed by atoms with Gasteiger partial charge in [0.25, 0.3) is 0 Å². The number of likely N-dealkylation sites (N-methyl/N-ethyl adjacent to an activating group) is 1. The van der Waals surface area contributed by atoms with Crippen LogP contribution in [0.15, 0.2) is 29.5 Å². The highest BCUT2D eigenvalue weighted by atomic mass is 19.2. The second-order valence-corrected chi connectivity index (χ2v) is 7.25. The molecule has 0 unspecified atom stereocenters. The lowest BCUT2D eigenvalue weighted by atomic mass is 9.94. The number of rotatable bonds is 5. The summed E-state index contributed by atoms with van der Waals surface area (Å²) in [5.41, 5.74) is 0.899. The molecule has 0 saturated carbocycles. The third-order valence-corrected chi connectivity index (χ3v) is 5.12. The minimum atomic E-state index is -1.05. The fourth-order valence-electron chi connectivity index (χ4n) is 3.62. The Morgan fingerprint density at radius 1 is 1.21 bits per heavy atom. The van der Waals surface area contributed by atoms with Gasteiger partial charge in [-0.3, -0.25) is 4.90 Å². The maximum absolute atomic E-state index is 13.8. The van der Waals surface area contributed by atoms with Crippen LogP contribution in [0.5, 0.6) is 0 Å². The maximum Gasteiger partial charge on any atom is 0.338 e. The third-order valence-electron chi connectivity index (χ3n) is 5.12. The van der Waals surface area contributed by atoms with E-state index in [2.05, 4.69) is 27.5 Å². The van der Waals surface area contributed by atoms with Gasteiger partial charge in [0.2, 0.25) is 0 Å². The van der Waals surface area contributed by atoms with E-state index in [4.69, 9.17) is 4.74 Å². The van der Waals surface area contributed by atoms with Crippen molar-refractivity contribution < 1.29 is 23.1 Å². The smallest absolute Gasteiger partial charge is 0.338 e. The van der Waals surface area contributed by atoms with Crippen molar-refractivity contribution in [1.29, 1.82) is 0 Å². The van der Waals surface area contributed by atoms with Gasteiger partial charge in [-0.25, -0.2) is 18.4 Å². The molecule has 1 fully saturated rings. The Balaban J connectivity index is 1.97. The molecule has 0 spiro atoms. The monoisotopic (exact) mass is 408 g/mol. The molecule has 158 valence electrons. The first-order valence-electron chi connectivity index (χ1n) is 9.72. The molecular weight excluding hydrogens is 382 g/mol. The maximum atomic E-state index is 13.8. The molecule has 3 rings (SSSR count). The predicted octanol–water partition coefficient (Wildman–Crippen LogP) is 1.77. The summed E-state index contributed by atoms with van der Waals surface area (Å²) in [6.07, 6.45) is 0.970. The van der Waals surface area contributed by atoms with Crippen LogP contribution in [0.1, 0.15) is 24.9 Å². The van der Waals surface area contributed by atoms with Crippen LogP contribution in [0.4, 0.5) is 13.6 Å². The topological polar surface area (TPSA) is 73.9 Å². The number of nitrogens with one attached hydrogen (secondary N) is 2. The largest absolute Gasteiger partial charge is 0.463 e. The van der Waals surface area contributed by atoms with E-state index in [1.165, 1.54) is 6.07 Å². The fraction of sp³-hybridized carbons (Fsp3) is 0.500. The normalized spacial score (nSPS) is 21.4. The van der Waals surface area contributed by atoms with E-state index in [0.717, 1.165) is 44.7 Å². The van der Waals surface area contributed by atoms with Gasteiger partial charge in [-0.1, -0.05) is 6.07 Å². The number of nitrogens with zero attached hydrogens (tertiary/aromatic N) is 2. The third kappa shape index (κ3) is 5.10. The lowest BCUT2D eigenvalue weighted by molar-refractivity contribution is -0.139. The summed E-state index contributed by atoms with van der Waals surface area (Å²) in [7, 11) is 2.05. The molecule has 7 nitrogen and oxygen atoms in total. The zero-order valence-electron chi connectivity index (χ0n) is 16.6. The highest BCUT2D eigenvalue weighted by Crippen LogP contribution is 2.29. The van der Waals surface area contributed by atoms with Crippen LogP contribution in [0, 0.1) is 11.6 Å². The van der Waals surface area contributed by atoms with Crippen LogP contribution in [-0.4, -0.2) is 68.2 Å². The zero-order valence-corrected chi connectivity index (χ0v) is 16.6. The Morgan fingerprint density at radius 3 is 2.72 bits per heavy atom. The van der Waals surface area contributed by atoms with Crippen molar-refractivity contribution in [3.8, 4) is 0 Å². The molecule has 1 aromatic rings. The minimum Gasteiger partial charge on any atom is -0.463 e. The predicted molar refractivity (Wildman–Crippen MR) is 103 cm³/mol. The summed E-state index contributed by atoms with van der Waals surface area (Å²) in [5, 5.41) is 5.35. The summed E-state index contributed by atoms with van der Waals surface area (Å²) in [4.78, 5) is 29.4. The molecule has 1 saturated heterocycles. The van der Waals surface area contributed by atoms with Gasteiger partial charge in [-0.2, -0.15) is 0 Å². The van der Waals surface area contributed by atoms with Gasteiger partial charge in [-0.05, 0) is 51.2 Å². The molecular formula is C20H26F2N4O3. The molecule has 9 heteroatoms. The van der Waals surface area contributed by atoms with Crippen molar-refractivity contribution in [1.82, 2.24) is 20.4 Å². The lowest BCUT2D eigenvalue weighted by Gasteiger charge is -2.32. The van der Waals surface area contributed by atoms with E-state index in [-0.39, 0.29) is 17.7 Å². The molecule has 0 radical (unpaired) electrons. The van der Waals surface area contributed by atoms with E-state index >= 15 is 0 Å². The standard InChI is InChI=1S/C20H26F2N4O3/c1-3-29-19(27)17-16(12-26-8-4-7-25(2)9-10-26)23-20(28)24-18(17)13-5-6-14(21)15(22)11-13/h5-6,11,18H,3-4,7-10,12H2,1-2H3,(H2,23,24,28)/t18-/m0/s1. The molecule has 0 aromatic heterocycles. The second kappa shape index (κ2) is 9.32. The van der Waals surface area contributed by atoms with E-state index in [1.807, 2.05) is 0 Å². The molecule has 0 bridgehead atoms. The van der Waals surface area contributed by atoms with Gasteiger partial charge >= 0.3 is 12.0 Å². The first-order valence-corrected chi connectivity index (χ1v) is 9.72. The molecule has 0 aliphatic carbocycles. The van der Waals surface area contributed by atoms with Crippen molar-refractivity contribution in [2.45, 2.75) is 19.4 Å². The minimum absolute atomic E-state index is 0.155. The molecule has 1 aromatic carbocycles. The number of carbonyl (C=O) groups is 2. The summed E-state index contributed by atoms with van der Waals surface area (Å²) >= 11 is 0. The Kier molecular flexibility index (Phi) is 6.81. The molecule has 2 aliphatic rings. The quantitative estimate of drug-likeness (QED) is 0.727. The van der Waals surface area contributed by atoms with Gasteiger partial charge in [0, 0.05) is 25.3 Å². The van der Waals surface area contributed by atoms with Gasteiger partial charge in [0.1, 0.15) is 0 Å². The number of esters is 1. The average molecular weight is 408 g/mol. The Labute approximate surface area is 168 Å². The van der Waals surface area contributed by atoms with Crippen molar-refractivity contribution in [3.63, 3.8) is 0 Å². The first kappa shape index (κ1) is 21.2. The number of urea groups is 1. The molecule has 2 aliphatic heterocycles. The van der Waals surface area contributed by atoms with Gasteiger partial charge in [0.15, 0.2) is 11.6 Å². The van der Waals surface area contributed by atoms with Crippen LogP contribution >= 0.6 is 0 Å². The lowest BCUT2D eigenvalue weighted by Crippen LogP contribution is -2.48. The first-order chi connectivity index (χ1) is 13.9. The van der Waals surface area contributed by atoms with E-state index in [1.54, 1.807) is 6.92 Å². The van der Waals surface area contributed by atoms with Crippen LogP contribution < -0.4 is 10.6 Å². The van der Waals surface area contributed by atoms with Gasteiger partial charge in [-0.15, -0.1) is 0 Å². The SMILES string of the molecule is CCOC(=O)C1=C(CN2CCCN(C)CC2)NC(=O)N[C@H]1c1ccc(F)c(F)c1. The molecule has 29 heavy (non-hydrogen) atoms. The Hall–Kier alpha value is -2.52. The molecule has 2 heterocycles. The van der Waals surface area contributed by atoms with Gasteiger partial charge < -0.3 is 20.3 Å². The fourth-order valence-corrected chi connectivity index (χ4v) is 3.62. The average Bonchev–Trinajstić information content (AvgIpc) is 2.88. The van der Waals surface area contributed by atoms with Crippen LogP contribution in [0.25, 0.3) is 0 Å². The summed E-state index contributed by atoms with van der Waals surface area (Å²) in [5.74, 6) is -2.64. The number of amides is 2. The van der Waals surface area contributed by atoms with Crippen LogP contribution in [0.2, 0.25) is 0 Å². The number of hydrogen-bond acceptors (Lipinski definition) is 5. The number of halogens is 2.